The Kier molecular flexibility index (Phi) is 4.49. The summed E-state index contributed by atoms with van der Waals surface area (Å²) in [6.45, 7) is 5.45. The molecule has 0 atom stereocenters. The zero-order valence-electron chi connectivity index (χ0n) is 15.3. The molecule has 0 fully saturated rings. The number of fused-ring (bicyclic) bond motifs is 1. The van der Waals surface area contributed by atoms with Gasteiger partial charge in [-0.2, -0.15) is 0 Å². The molecule has 0 saturated carbocycles. The van der Waals surface area contributed by atoms with Crippen LogP contribution in [0.25, 0.3) is 33.3 Å². The second-order valence-electron chi connectivity index (χ2n) is 6.58. The first-order valence-electron chi connectivity index (χ1n) is 8.82. The van der Waals surface area contributed by atoms with Crippen LogP contribution in [0.2, 0.25) is 0 Å². The summed E-state index contributed by atoms with van der Waals surface area (Å²) in [5, 5.41) is 3.46. The minimum absolute atomic E-state index is 0.107. The molecule has 4 nitrogen and oxygen atoms in total. The number of aromatic amines is 1. The second kappa shape index (κ2) is 7.12. The van der Waals surface area contributed by atoms with Crippen LogP contribution in [0.3, 0.4) is 0 Å². The fourth-order valence-electron chi connectivity index (χ4n) is 3.20. The Hall–Kier alpha value is -3.73. The lowest BCUT2D eigenvalue weighted by Crippen LogP contribution is -2.08. The predicted octanol–water partition coefficient (Wildman–Crippen LogP) is 5.47. The number of rotatable bonds is 4. The van der Waals surface area contributed by atoms with Gasteiger partial charge in [-0.25, -0.2) is 9.37 Å². The van der Waals surface area contributed by atoms with E-state index in [0.717, 1.165) is 39.4 Å². The highest BCUT2D eigenvalue weighted by Crippen LogP contribution is 2.32. The number of carbonyl (C=O) groups is 1. The maximum Gasteiger partial charge on any atom is 0.247 e. The van der Waals surface area contributed by atoms with Crippen molar-refractivity contribution in [3.05, 3.63) is 85.0 Å². The molecule has 0 aliphatic carbocycles. The van der Waals surface area contributed by atoms with Crippen LogP contribution < -0.4 is 5.32 Å². The van der Waals surface area contributed by atoms with E-state index in [2.05, 4.69) is 47.0 Å². The molecule has 4 rings (SSSR count). The molecule has 0 aliphatic heterocycles. The molecule has 2 heterocycles. The first-order chi connectivity index (χ1) is 13.5. The Morgan fingerprint density at radius 1 is 1.14 bits per heavy atom. The maximum absolute atomic E-state index is 14.0. The zero-order valence-corrected chi connectivity index (χ0v) is 15.3. The lowest BCUT2D eigenvalue weighted by molar-refractivity contribution is -0.111. The van der Waals surface area contributed by atoms with Crippen molar-refractivity contribution >= 4 is 22.6 Å². The predicted molar refractivity (Wildman–Crippen MR) is 110 cm³/mol. The number of nitrogens with one attached hydrogen (secondary N) is 2. The molecule has 2 aromatic carbocycles. The normalized spacial score (nSPS) is 10.8. The molecule has 28 heavy (non-hydrogen) atoms. The Balaban J connectivity index is 1.80. The van der Waals surface area contributed by atoms with Gasteiger partial charge in [0.05, 0.1) is 5.69 Å². The van der Waals surface area contributed by atoms with Gasteiger partial charge in [0.2, 0.25) is 5.91 Å². The summed E-state index contributed by atoms with van der Waals surface area (Å²) in [4.78, 5) is 19.2. The summed E-state index contributed by atoms with van der Waals surface area (Å²) >= 11 is 0. The van der Waals surface area contributed by atoms with E-state index in [0.29, 0.717) is 0 Å². The van der Waals surface area contributed by atoms with E-state index in [1.165, 1.54) is 11.6 Å². The van der Waals surface area contributed by atoms with Crippen LogP contribution in [0.15, 0.2) is 73.6 Å². The highest BCUT2D eigenvalue weighted by molar-refractivity contribution is 6.00. The van der Waals surface area contributed by atoms with Gasteiger partial charge < -0.3 is 10.3 Å². The van der Waals surface area contributed by atoms with Crippen LogP contribution >= 0.6 is 0 Å². The number of carbonyl (C=O) groups excluding carboxylic acids is 1. The number of aromatic nitrogens is 2. The van der Waals surface area contributed by atoms with Crippen LogP contribution in [0.4, 0.5) is 10.1 Å². The van der Waals surface area contributed by atoms with E-state index in [1.54, 1.807) is 18.3 Å². The van der Waals surface area contributed by atoms with Gasteiger partial charge in [-0.1, -0.05) is 42.5 Å². The Morgan fingerprint density at radius 3 is 2.79 bits per heavy atom. The van der Waals surface area contributed by atoms with Crippen molar-refractivity contribution in [2.24, 2.45) is 0 Å². The second-order valence-corrected chi connectivity index (χ2v) is 6.58. The largest absolute Gasteiger partial charge is 0.346 e. The van der Waals surface area contributed by atoms with Crippen molar-refractivity contribution in [3.8, 4) is 22.3 Å². The van der Waals surface area contributed by atoms with E-state index in [-0.39, 0.29) is 5.69 Å². The number of pyridine rings is 1. The Bertz CT molecular complexity index is 1210. The third-order valence-corrected chi connectivity index (χ3v) is 4.60. The number of aryl methyl sites for hydroxylation is 1. The summed E-state index contributed by atoms with van der Waals surface area (Å²) < 4.78 is 14.0. The average Bonchev–Trinajstić information content (AvgIpc) is 3.12. The quantitative estimate of drug-likeness (QED) is 0.468. The van der Waals surface area contributed by atoms with Crippen molar-refractivity contribution in [1.29, 1.82) is 0 Å². The van der Waals surface area contributed by atoms with Crippen LogP contribution in [-0.2, 0) is 4.79 Å². The minimum Gasteiger partial charge on any atom is -0.346 e. The number of hydrogen-bond acceptors (Lipinski definition) is 2. The van der Waals surface area contributed by atoms with Crippen molar-refractivity contribution in [3.63, 3.8) is 0 Å². The topological polar surface area (TPSA) is 57.8 Å². The molecule has 0 bridgehead atoms. The van der Waals surface area contributed by atoms with E-state index >= 15 is 0 Å². The smallest absolute Gasteiger partial charge is 0.247 e. The number of nitrogens with zero attached hydrogens (tertiary/aromatic N) is 1. The SMILES string of the molecule is C=CC(=O)Nc1cc(-c2cnc3[nH]cc(-c4cccc(C)c4)c3c2)ccc1F. The Morgan fingerprint density at radius 2 is 2.00 bits per heavy atom. The molecule has 0 unspecified atom stereocenters. The highest BCUT2D eigenvalue weighted by Gasteiger charge is 2.11. The number of benzene rings is 2. The number of H-pyrrole nitrogens is 1. The van der Waals surface area contributed by atoms with E-state index in [1.807, 2.05) is 18.3 Å². The van der Waals surface area contributed by atoms with E-state index in [9.17, 15) is 9.18 Å². The number of anilines is 1. The van der Waals surface area contributed by atoms with Gasteiger partial charge in [-0.3, -0.25) is 4.79 Å². The van der Waals surface area contributed by atoms with Gasteiger partial charge in [-0.15, -0.1) is 0 Å². The lowest BCUT2D eigenvalue weighted by atomic mass is 10.0. The fourth-order valence-corrected chi connectivity index (χ4v) is 3.20. The summed E-state index contributed by atoms with van der Waals surface area (Å²) in [6.07, 6.45) is 4.77. The fraction of sp³-hybridized carbons (Fsp3) is 0.0435. The van der Waals surface area contributed by atoms with Gasteiger partial charge in [0, 0.05) is 28.9 Å². The summed E-state index contributed by atoms with van der Waals surface area (Å²) in [5.74, 6) is -0.966. The maximum atomic E-state index is 14.0. The number of amides is 1. The highest BCUT2D eigenvalue weighted by atomic mass is 19.1. The molecule has 5 heteroatoms. The molecular weight excluding hydrogens is 353 g/mol. The first-order valence-corrected chi connectivity index (χ1v) is 8.82. The van der Waals surface area contributed by atoms with Gasteiger partial charge in [0.25, 0.3) is 0 Å². The molecular formula is C23H18FN3O. The first kappa shape index (κ1) is 17.7. The van der Waals surface area contributed by atoms with Crippen LogP contribution in [0.5, 0.6) is 0 Å². The third-order valence-electron chi connectivity index (χ3n) is 4.60. The number of halogens is 1. The lowest BCUT2D eigenvalue weighted by Gasteiger charge is -2.08. The molecule has 2 N–H and O–H groups in total. The minimum atomic E-state index is -0.505. The standard InChI is InChI=1S/C23H18FN3O/c1-3-22(28)27-21-11-15(7-8-20(21)24)17-10-18-19(13-26-23(18)25-12-17)16-6-4-5-14(2)9-16/h3-13H,1H2,2H3,(H,25,26)(H,27,28). The molecule has 1 amide bonds. The van der Waals surface area contributed by atoms with Gasteiger partial charge in [0.15, 0.2) is 0 Å². The average molecular weight is 371 g/mol. The summed E-state index contributed by atoms with van der Waals surface area (Å²) in [6, 6.07) is 14.9. The monoisotopic (exact) mass is 371 g/mol. The third kappa shape index (κ3) is 3.30. The molecule has 0 radical (unpaired) electrons. The molecule has 0 spiro atoms. The number of hydrogen-bond donors (Lipinski definition) is 2. The van der Waals surface area contributed by atoms with Crippen LogP contribution in [-0.4, -0.2) is 15.9 Å². The zero-order chi connectivity index (χ0) is 19.7. The molecule has 0 aliphatic rings. The molecule has 138 valence electrons. The Labute approximate surface area is 161 Å². The van der Waals surface area contributed by atoms with Gasteiger partial charge in [0.1, 0.15) is 11.5 Å². The van der Waals surface area contributed by atoms with Gasteiger partial charge in [-0.05, 0) is 42.3 Å². The van der Waals surface area contributed by atoms with E-state index in [4.69, 9.17) is 0 Å². The molecule has 4 aromatic rings. The summed E-state index contributed by atoms with van der Waals surface area (Å²) in [5.41, 5.74) is 5.80. The van der Waals surface area contributed by atoms with Crippen molar-refractivity contribution < 1.29 is 9.18 Å². The van der Waals surface area contributed by atoms with E-state index < -0.39 is 11.7 Å². The van der Waals surface area contributed by atoms with Gasteiger partial charge >= 0.3 is 0 Å². The molecule has 0 saturated heterocycles. The van der Waals surface area contributed by atoms with Crippen molar-refractivity contribution in [1.82, 2.24) is 9.97 Å². The van der Waals surface area contributed by atoms with Crippen LogP contribution in [0.1, 0.15) is 5.56 Å². The summed E-state index contributed by atoms with van der Waals surface area (Å²) in [7, 11) is 0. The van der Waals surface area contributed by atoms with Crippen LogP contribution in [0, 0.1) is 12.7 Å². The molecule has 2 aromatic heterocycles. The van der Waals surface area contributed by atoms with Crippen molar-refractivity contribution in [2.75, 3.05) is 5.32 Å². The van der Waals surface area contributed by atoms with Crippen molar-refractivity contribution in [2.45, 2.75) is 6.92 Å².